The minimum atomic E-state index is 0. The molecular formula is C22H33IN6. The van der Waals surface area contributed by atoms with Crippen LogP contribution in [0.3, 0.4) is 0 Å². The van der Waals surface area contributed by atoms with Gasteiger partial charge in [0.1, 0.15) is 0 Å². The normalized spacial score (nSPS) is 20.6. The molecule has 7 heteroatoms. The zero-order valence-corrected chi connectivity index (χ0v) is 19.6. The summed E-state index contributed by atoms with van der Waals surface area (Å²) in [6, 6.07) is 10.1. The Morgan fingerprint density at radius 2 is 1.90 bits per heavy atom. The van der Waals surface area contributed by atoms with Gasteiger partial charge in [-0.05, 0) is 30.4 Å². The van der Waals surface area contributed by atoms with Crippen LogP contribution in [0.2, 0.25) is 0 Å². The van der Waals surface area contributed by atoms with E-state index >= 15 is 0 Å². The van der Waals surface area contributed by atoms with Gasteiger partial charge in [-0.2, -0.15) is 0 Å². The molecule has 1 aromatic heterocycles. The Hall–Kier alpha value is -1.61. The van der Waals surface area contributed by atoms with Crippen LogP contribution in [-0.2, 0) is 13.1 Å². The van der Waals surface area contributed by atoms with Crippen molar-refractivity contribution in [1.29, 1.82) is 0 Å². The summed E-state index contributed by atoms with van der Waals surface area (Å²) < 4.78 is 2.08. The summed E-state index contributed by atoms with van der Waals surface area (Å²) in [4.78, 5) is 11.2. The van der Waals surface area contributed by atoms with E-state index in [1.807, 2.05) is 25.8 Å². The fourth-order valence-corrected chi connectivity index (χ4v) is 4.43. The molecule has 1 saturated heterocycles. The number of guanidine groups is 1. The van der Waals surface area contributed by atoms with Crippen molar-refractivity contribution in [2.24, 2.45) is 4.99 Å². The van der Waals surface area contributed by atoms with E-state index in [4.69, 9.17) is 0 Å². The molecule has 0 bridgehead atoms. The topological polar surface area (TPSA) is 57.5 Å². The average molecular weight is 508 g/mol. The maximum atomic E-state index is 4.42. The molecule has 2 aromatic rings. The molecule has 29 heavy (non-hydrogen) atoms. The zero-order valence-electron chi connectivity index (χ0n) is 17.3. The molecular weight excluding hydrogens is 475 g/mol. The maximum absolute atomic E-state index is 4.42. The zero-order chi connectivity index (χ0) is 19.2. The van der Waals surface area contributed by atoms with Gasteiger partial charge in [-0.15, -0.1) is 24.0 Å². The lowest BCUT2D eigenvalue weighted by Crippen LogP contribution is -2.45. The van der Waals surface area contributed by atoms with Crippen molar-refractivity contribution >= 4 is 29.9 Å². The van der Waals surface area contributed by atoms with E-state index < -0.39 is 0 Å². The van der Waals surface area contributed by atoms with Gasteiger partial charge in [0.2, 0.25) is 0 Å². The minimum Gasteiger partial charge on any atom is -0.352 e. The highest BCUT2D eigenvalue weighted by Gasteiger charge is 2.30. The van der Waals surface area contributed by atoms with Crippen LogP contribution in [-0.4, -0.2) is 52.6 Å². The Labute approximate surface area is 191 Å². The van der Waals surface area contributed by atoms with Gasteiger partial charge in [-0.25, -0.2) is 4.98 Å². The van der Waals surface area contributed by atoms with E-state index in [1.165, 1.54) is 49.8 Å². The third kappa shape index (κ3) is 6.18. The van der Waals surface area contributed by atoms with Crippen LogP contribution in [0.4, 0.5) is 0 Å². The molecule has 1 aliphatic carbocycles. The van der Waals surface area contributed by atoms with Crippen molar-refractivity contribution < 1.29 is 0 Å². The number of rotatable bonds is 6. The maximum Gasteiger partial charge on any atom is 0.191 e. The number of nitrogens with zero attached hydrogens (tertiary/aromatic N) is 4. The summed E-state index contributed by atoms with van der Waals surface area (Å²) in [7, 11) is 1.85. The number of nitrogens with one attached hydrogen (secondary N) is 2. The molecule has 1 aliphatic heterocycles. The molecule has 0 spiro atoms. The molecule has 6 nitrogen and oxygen atoms in total. The van der Waals surface area contributed by atoms with Gasteiger partial charge in [-0.1, -0.05) is 37.1 Å². The fraction of sp³-hybridized carbons (Fsp3) is 0.545. The second-order valence-electron chi connectivity index (χ2n) is 8.04. The summed E-state index contributed by atoms with van der Waals surface area (Å²) >= 11 is 0. The Kier molecular flexibility index (Phi) is 8.35. The molecule has 1 unspecified atom stereocenters. The second kappa shape index (κ2) is 11.0. The predicted octanol–water partition coefficient (Wildman–Crippen LogP) is 3.23. The predicted molar refractivity (Wildman–Crippen MR) is 129 cm³/mol. The van der Waals surface area contributed by atoms with E-state index in [9.17, 15) is 0 Å². The van der Waals surface area contributed by atoms with Crippen molar-refractivity contribution in [2.45, 2.75) is 57.3 Å². The minimum absolute atomic E-state index is 0. The van der Waals surface area contributed by atoms with E-state index in [1.54, 1.807) is 0 Å². The molecule has 2 N–H and O–H groups in total. The highest BCUT2D eigenvalue weighted by molar-refractivity contribution is 14.0. The third-order valence-electron chi connectivity index (χ3n) is 6.03. The first-order chi connectivity index (χ1) is 13.8. The highest BCUT2D eigenvalue weighted by atomic mass is 127. The van der Waals surface area contributed by atoms with Crippen molar-refractivity contribution in [3.63, 3.8) is 0 Å². The first kappa shape index (κ1) is 22.1. The van der Waals surface area contributed by atoms with Gasteiger partial charge < -0.3 is 15.2 Å². The molecule has 1 atom stereocenters. The largest absolute Gasteiger partial charge is 0.352 e. The van der Waals surface area contributed by atoms with Crippen LogP contribution in [0, 0.1) is 0 Å². The molecule has 158 valence electrons. The Morgan fingerprint density at radius 1 is 1.14 bits per heavy atom. The smallest absolute Gasteiger partial charge is 0.191 e. The van der Waals surface area contributed by atoms with Gasteiger partial charge in [0.25, 0.3) is 0 Å². The summed E-state index contributed by atoms with van der Waals surface area (Å²) in [5.74, 6) is 0.903. The summed E-state index contributed by atoms with van der Waals surface area (Å²) in [5, 5.41) is 7.08. The van der Waals surface area contributed by atoms with Crippen molar-refractivity contribution in [1.82, 2.24) is 25.1 Å². The number of benzene rings is 1. The standard InChI is InChI=1S/C22H32N6.HI/c1-23-22(26-20-10-12-28(16-20)21-4-2-3-5-21)25-14-18-6-8-19(9-7-18)15-27-13-11-24-17-27;/h6-9,11,13,17,20-21H,2-5,10,12,14-16H2,1H3,(H2,23,25,26);1H. The Bertz CT molecular complexity index is 752. The van der Waals surface area contributed by atoms with Crippen molar-refractivity contribution in [3.8, 4) is 0 Å². The van der Waals surface area contributed by atoms with Crippen LogP contribution in [0.15, 0.2) is 48.0 Å². The molecule has 1 aromatic carbocycles. The van der Waals surface area contributed by atoms with Crippen LogP contribution in [0.1, 0.15) is 43.2 Å². The second-order valence-corrected chi connectivity index (χ2v) is 8.04. The van der Waals surface area contributed by atoms with Crippen LogP contribution in [0.25, 0.3) is 0 Å². The van der Waals surface area contributed by atoms with E-state index in [2.05, 4.69) is 54.3 Å². The number of halogens is 1. The summed E-state index contributed by atoms with van der Waals surface area (Å²) in [6.45, 7) is 4.01. The first-order valence-corrected chi connectivity index (χ1v) is 10.5. The van der Waals surface area contributed by atoms with Gasteiger partial charge in [0.15, 0.2) is 5.96 Å². The molecule has 2 aliphatic rings. The molecule has 2 heterocycles. The van der Waals surface area contributed by atoms with Gasteiger partial charge >= 0.3 is 0 Å². The number of hydrogen-bond donors (Lipinski definition) is 2. The van der Waals surface area contributed by atoms with Crippen LogP contribution < -0.4 is 10.6 Å². The van der Waals surface area contributed by atoms with E-state index in [-0.39, 0.29) is 24.0 Å². The quantitative estimate of drug-likeness (QED) is 0.358. The van der Waals surface area contributed by atoms with Crippen LogP contribution in [0.5, 0.6) is 0 Å². The highest BCUT2D eigenvalue weighted by Crippen LogP contribution is 2.26. The number of aromatic nitrogens is 2. The average Bonchev–Trinajstić information content (AvgIpc) is 3.48. The SMILES string of the molecule is CN=C(NCc1ccc(Cn2ccnc2)cc1)NC1CCN(C2CCCC2)C1.I. The van der Waals surface area contributed by atoms with E-state index in [0.29, 0.717) is 6.04 Å². The van der Waals surface area contributed by atoms with Gasteiger partial charge in [0.05, 0.1) is 6.33 Å². The first-order valence-electron chi connectivity index (χ1n) is 10.5. The monoisotopic (exact) mass is 508 g/mol. The molecule has 2 fully saturated rings. The van der Waals surface area contributed by atoms with Gasteiger partial charge in [-0.3, -0.25) is 9.89 Å². The number of likely N-dealkylation sites (tertiary alicyclic amines) is 1. The lowest BCUT2D eigenvalue weighted by atomic mass is 10.1. The number of hydrogen-bond acceptors (Lipinski definition) is 3. The molecule has 1 saturated carbocycles. The Morgan fingerprint density at radius 3 is 2.59 bits per heavy atom. The summed E-state index contributed by atoms with van der Waals surface area (Å²) in [6.07, 6.45) is 12.4. The number of imidazole rings is 1. The lowest BCUT2D eigenvalue weighted by molar-refractivity contribution is 0.242. The number of aliphatic imine (C=N–C) groups is 1. The fourth-order valence-electron chi connectivity index (χ4n) is 4.43. The Balaban J connectivity index is 0.00000240. The lowest BCUT2D eigenvalue weighted by Gasteiger charge is -2.24. The van der Waals surface area contributed by atoms with E-state index in [0.717, 1.165) is 31.6 Å². The molecule has 0 amide bonds. The van der Waals surface area contributed by atoms with Crippen LogP contribution >= 0.6 is 24.0 Å². The van der Waals surface area contributed by atoms with Gasteiger partial charge in [0, 0.05) is 57.7 Å². The van der Waals surface area contributed by atoms with Crippen molar-refractivity contribution in [3.05, 3.63) is 54.1 Å². The van der Waals surface area contributed by atoms with Crippen molar-refractivity contribution in [2.75, 3.05) is 20.1 Å². The molecule has 0 radical (unpaired) electrons. The summed E-state index contributed by atoms with van der Waals surface area (Å²) in [5.41, 5.74) is 2.54. The molecule has 4 rings (SSSR count). The third-order valence-corrected chi connectivity index (χ3v) is 6.03.